The number of ether oxygens (including phenoxy) is 1. The second-order valence-corrected chi connectivity index (χ2v) is 5.50. The maximum absolute atomic E-state index is 5.79. The number of nitrogens with two attached hydrogens (primary N) is 1. The Morgan fingerprint density at radius 1 is 1.32 bits per heavy atom. The molecule has 0 unspecified atom stereocenters. The molecule has 3 N–H and O–H groups in total. The van der Waals surface area contributed by atoms with Crippen molar-refractivity contribution in [3.05, 3.63) is 42.1 Å². The Hall–Kier alpha value is -2.01. The third-order valence-corrected chi connectivity index (χ3v) is 3.70. The van der Waals surface area contributed by atoms with Gasteiger partial charge in [0.2, 0.25) is 5.90 Å². The summed E-state index contributed by atoms with van der Waals surface area (Å²) in [5, 5.41) is 4.32. The molecule has 1 aromatic rings. The van der Waals surface area contributed by atoms with E-state index < -0.39 is 0 Å². The lowest BCUT2D eigenvalue weighted by atomic mass is 10.3. The second kappa shape index (κ2) is 9.10. The highest BCUT2D eigenvalue weighted by atomic mass is 16.5. The predicted molar refractivity (Wildman–Crippen MR) is 91.7 cm³/mol. The first kappa shape index (κ1) is 16.4. The molecule has 1 aromatic carbocycles. The van der Waals surface area contributed by atoms with Crippen LogP contribution < -0.4 is 11.2 Å². The van der Waals surface area contributed by atoms with E-state index in [0.29, 0.717) is 12.5 Å². The number of hydrazone groups is 1. The summed E-state index contributed by atoms with van der Waals surface area (Å²) in [6.07, 6.45) is 5.17. The molecule has 22 heavy (non-hydrogen) atoms. The molecule has 0 bridgehead atoms. The zero-order valence-electron chi connectivity index (χ0n) is 13.3. The van der Waals surface area contributed by atoms with Crippen molar-refractivity contribution in [2.75, 3.05) is 31.7 Å². The van der Waals surface area contributed by atoms with Gasteiger partial charge in [0.15, 0.2) is 0 Å². The van der Waals surface area contributed by atoms with Gasteiger partial charge >= 0.3 is 0 Å². The minimum absolute atomic E-state index is 0.549. The lowest BCUT2D eigenvalue weighted by molar-refractivity contribution is 0.255. The summed E-state index contributed by atoms with van der Waals surface area (Å²) in [7, 11) is 0. The number of benzene rings is 1. The number of hydrogen-bond acceptors (Lipinski definition) is 5. The van der Waals surface area contributed by atoms with Crippen molar-refractivity contribution in [2.24, 2.45) is 10.8 Å². The van der Waals surface area contributed by atoms with E-state index in [9.17, 15) is 0 Å². The van der Waals surface area contributed by atoms with Crippen LogP contribution in [0.25, 0.3) is 0 Å². The average Bonchev–Trinajstić information content (AvgIpc) is 3.08. The molecule has 1 heterocycles. The van der Waals surface area contributed by atoms with Gasteiger partial charge in [0, 0.05) is 18.3 Å². The van der Waals surface area contributed by atoms with Crippen molar-refractivity contribution in [3.8, 4) is 0 Å². The Bertz CT molecular complexity index is 493. The lowest BCUT2D eigenvalue weighted by Gasteiger charge is -2.15. The summed E-state index contributed by atoms with van der Waals surface area (Å²) < 4.78 is 5.79. The molecule has 1 aliphatic rings. The third-order valence-electron chi connectivity index (χ3n) is 3.70. The van der Waals surface area contributed by atoms with Gasteiger partial charge in [0.05, 0.1) is 12.3 Å². The van der Waals surface area contributed by atoms with Gasteiger partial charge in [-0.2, -0.15) is 0 Å². The Morgan fingerprint density at radius 2 is 2.05 bits per heavy atom. The zero-order valence-corrected chi connectivity index (χ0v) is 13.3. The quantitative estimate of drug-likeness (QED) is 0.352. The Labute approximate surface area is 132 Å². The van der Waals surface area contributed by atoms with E-state index in [0.717, 1.165) is 24.2 Å². The lowest BCUT2D eigenvalue weighted by Crippen LogP contribution is -2.22. The smallest absolute Gasteiger partial charge is 0.235 e. The van der Waals surface area contributed by atoms with Gasteiger partial charge in [-0.1, -0.05) is 18.2 Å². The van der Waals surface area contributed by atoms with Crippen molar-refractivity contribution in [2.45, 2.75) is 26.2 Å². The molecule has 2 rings (SSSR count). The van der Waals surface area contributed by atoms with Crippen LogP contribution in [0.5, 0.6) is 0 Å². The van der Waals surface area contributed by atoms with E-state index in [1.807, 2.05) is 37.3 Å². The first-order valence-corrected chi connectivity index (χ1v) is 7.92. The van der Waals surface area contributed by atoms with Gasteiger partial charge in [-0.05, 0) is 51.4 Å². The minimum atomic E-state index is 0.549. The molecule has 0 aromatic heterocycles. The average molecular weight is 302 g/mol. The molecule has 0 radical (unpaired) electrons. The standard InChI is InChI=1S/C17H26N4O/c1-15(14-18)17(20-19-16-8-3-2-4-9-16)22-13-7-12-21-10-5-6-11-21/h2-4,8-9,14,19H,5-7,10-13,18H2,1H3/b15-14+,20-17+. The second-order valence-electron chi connectivity index (χ2n) is 5.50. The summed E-state index contributed by atoms with van der Waals surface area (Å²) in [5.74, 6) is 0.549. The molecular weight excluding hydrogens is 276 g/mol. The van der Waals surface area contributed by atoms with E-state index in [1.54, 1.807) is 0 Å². The maximum atomic E-state index is 5.79. The normalized spacial score (nSPS) is 16.8. The number of nitrogens with zero attached hydrogens (tertiary/aromatic N) is 2. The highest BCUT2D eigenvalue weighted by Crippen LogP contribution is 2.09. The Morgan fingerprint density at radius 3 is 2.73 bits per heavy atom. The Balaban J connectivity index is 1.80. The van der Waals surface area contributed by atoms with E-state index >= 15 is 0 Å². The van der Waals surface area contributed by atoms with Gasteiger partial charge in [-0.3, -0.25) is 5.43 Å². The molecule has 5 nitrogen and oxygen atoms in total. The first-order chi connectivity index (χ1) is 10.8. The van der Waals surface area contributed by atoms with Gasteiger partial charge in [0.25, 0.3) is 0 Å². The molecule has 0 saturated carbocycles. The van der Waals surface area contributed by atoms with Crippen molar-refractivity contribution in [3.63, 3.8) is 0 Å². The van der Waals surface area contributed by atoms with E-state index in [-0.39, 0.29) is 0 Å². The maximum Gasteiger partial charge on any atom is 0.235 e. The fourth-order valence-corrected chi connectivity index (χ4v) is 2.40. The Kier molecular flexibility index (Phi) is 6.77. The SMILES string of the molecule is CC(=C\N)/C(=N\Nc1ccccc1)OCCCN1CCCC1. The monoisotopic (exact) mass is 302 g/mol. The summed E-state index contributed by atoms with van der Waals surface area (Å²) in [4.78, 5) is 2.48. The number of likely N-dealkylation sites (tertiary alicyclic amines) is 1. The molecule has 1 fully saturated rings. The molecular formula is C17H26N4O. The number of anilines is 1. The van der Waals surface area contributed by atoms with Crippen LogP contribution in [-0.4, -0.2) is 37.0 Å². The highest BCUT2D eigenvalue weighted by molar-refractivity contribution is 5.93. The number of nitrogens with one attached hydrogen (secondary N) is 1. The number of rotatable bonds is 7. The summed E-state index contributed by atoms with van der Waals surface area (Å²) in [6, 6.07) is 9.79. The van der Waals surface area contributed by atoms with E-state index in [1.165, 1.54) is 32.1 Å². The van der Waals surface area contributed by atoms with Crippen molar-refractivity contribution in [1.82, 2.24) is 4.90 Å². The molecule has 1 aliphatic heterocycles. The van der Waals surface area contributed by atoms with Gasteiger partial charge in [0.1, 0.15) is 0 Å². The van der Waals surface area contributed by atoms with Crippen LogP contribution in [0.1, 0.15) is 26.2 Å². The van der Waals surface area contributed by atoms with Crippen LogP contribution >= 0.6 is 0 Å². The van der Waals surface area contributed by atoms with E-state index in [4.69, 9.17) is 10.5 Å². The minimum Gasteiger partial charge on any atom is -0.476 e. The molecule has 120 valence electrons. The largest absolute Gasteiger partial charge is 0.476 e. The van der Waals surface area contributed by atoms with Crippen LogP contribution in [0.3, 0.4) is 0 Å². The van der Waals surface area contributed by atoms with Crippen molar-refractivity contribution >= 4 is 11.6 Å². The van der Waals surface area contributed by atoms with Crippen molar-refractivity contribution in [1.29, 1.82) is 0 Å². The fraction of sp³-hybridized carbons (Fsp3) is 0.471. The van der Waals surface area contributed by atoms with Crippen LogP contribution in [0, 0.1) is 0 Å². The number of para-hydroxylation sites is 1. The molecule has 1 saturated heterocycles. The first-order valence-electron chi connectivity index (χ1n) is 7.92. The third kappa shape index (κ3) is 5.41. The zero-order chi connectivity index (χ0) is 15.6. The fourth-order valence-electron chi connectivity index (χ4n) is 2.40. The molecule has 0 aliphatic carbocycles. The highest BCUT2D eigenvalue weighted by Gasteiger charge is 2.11. The predicted octanol–water partition coefficient (Wildman–Crippen LogP) is 2.78. The summed E-state index contributed by atoms with van der Waals surface area (Å²) in [6.45, 7) is 6.07. The van der Waals surface area contributed by atoms with Crippen LogP contribution in [-0.2, 0) is 4.74 Å². The summed E-state index contributed by atoms with van der Waals surface area (Å²) >= 11 is 0. The summed E-state index contributed by atoms with van der Waals surface area (Å²) in [5.41, 5.74) is 10.3. The van der Waals surface area contributed by atoms with Crippen LogP contribution in [0.2, 0.25) is 0 Å². The van der Waals surface area contributed by atoms with Crippen LogP contribution in [0.4, 0.5) is 5.69 Å². The molecule has 0 spiro atoms. The molecule has 0 atom stereocenters. The molecule has 5 heteroatoms. The number of hydrogen-bond donors (Lipinski definition) is 2. The van der Waals surface area contributed by atoms with Crippen molar-refractivity contribution < 1.29 is 4.74 Å². The van der Waals surface area contributed by atoms with Gasteiger partial charge < -0.3 is 15.4 Å². The molecule has 0 amide bonds. The van der Waals surface area contributed by atoms with Crippen LogP contribution in [0.15, 0.2) is 47.2 Å². The van der Waals surface area contributed by atoms with Gasteiger partial charge in [-0.15, -0.1) is 5.10 Å². The topological polar surface area (TPSA) is 62.9 Å². The van der Waals surface area contributed by atoms with Gasteiger partial charge in [-0.25, -0.2) is 0 Å². The van der Waals surface area contributed by atoms with E-state index in [2.05, 4.69) is 15.4 Å².